The van der Waals surface area contributed by atoms with Crippen LogP contribution in [0.2, 0.25) is 0 Å². The second-order valence-corrected chi connectivity index (χ2v) is 3.77. The lowest BCUT2D eigenvalue weighted by molar-refractivity contribution is 0.0731. The molecule has 2 aromatic rings. The minimum atomic E-state index is -0.706. The minimum absolute atomic E-state index is 0.0198. The fraction of sp³-hybridized carbons (Fsp3) is 0.0714. The number of ether oxygens (including phenoxy) is 2. The molecule has 0 bridgehead atoms. The zero-order chi connectivity index (χ0) is 13.8. The van der Waals surface area contributed by atoms with E-state index in [0.29, 0.717) is 11.5 Å². The Labute approximate surface area is 109 Å². The van der Waals surface area contributed by atoms with Crippen LogP contribution < -0.4 is 9.47 Å². The molecule has 2 rings (SSSR count). The highest BCUT2D eigenvalue weighted by Gasteiger charge is 2.14. The fourth-order valence-corrected chi connectivity index (χ4v) is 1.50. The Bertz CT molecular complexity index is 589. The molecular weight excluding hydrogens is 248 g/mol. The molecule has 2 aromatic carbocycles. The summed E-state index contributed by atoms with van der Waals surface area (Å²) in [5, 5.41) is 18.7. The van der Waals surface area contributed by atoms with E-state index >= 15 is 0 Å². The first-order valence-corrected chi connectivity index (χ1v) is 5.48. The van der Waals surface area contributed by atoms with E-state index in [1.165, 1.54) is 19.2 Å². The van der Waals surface area contributed by atoms with E-state index in [1.54, 1.807) is 24.3 Å². The maximum atomic E-state index is 11.8. The van der Waals surface area contributed by atoms with Gasteiger partial charge in [0.25, 0.3) is 0 Å². The highest BCUT2D eigenvalue weighted by atomic mass is 16.5. The summed E-state index contributed by atoms with van der Waals surface area (Å²) in [6, 6.07) is 10.1. The van der Waals surface area contributed by atoms with Gasteiger partial charge in [-0.2, -0.15) is 0 Å². The number of carbonyl (C=O) groups is 1. The van der Waals surface area contributed by atoms with Gasteiger partial charge in [0.15, 0.2) is 0 Å². The molecule has 5 nitrogen and oxygen atoms in total. The van der Waals surface area contributed by atoms with Crippen molar-refractivity contribution in [1.82, 2.24) is 0 Å². The van der Waals surface area contributed by atoms with Crippen molar-refractivity contribution in [2.75, 3.05) is 7.11 Å². The Morgan fingerprint density at radius 2 is 1.63 bits per heavy atom. The Balaban J connectivity index is 2.15. The van der Waals surface area contributed by atoms with Gasteiger partial charge < -0.3 is 19.7 Å². The molecule has 0 saturated heterocycles. The van der Waals surface area contributed by atoms with Gasteiger partial charge >= 0.3 is 5.97 Å². The van der Waals surface area contributed by atoms with Gasteiger partial charge in [0.05, 0.1) is 7.11 Å². The molecule has 0 heterocycles. The smallest absolute Gasteiger partial charge is 0.347 e. The minimum Gasteiger partial charge on any atom is -0.508 e. The van der Waals surface area contributed by atoms with E-state index in [2.05, 4.69) is 0 Å². The topological polar surface area (TPSA) is 76.0 Å². The number of rotatable bonds is 3. The number of benzene rings is 2. The van der Waals surface area contributed by atoms with Gasteiger partial charge in [0.2, 0.25) is 0 Å². The monoisotopic (exact) mass is 260 g/mol. The number of hydrogen-bond donors (Lipinski definition) is 2. The first kappa shape index (κ1) is 12.8. The lowest BCUT2D eigenvalue weighted by Gasteiger charge is -2.07. The molecule has 0 aliphatic carbocycles. The summed E-state index contributed by atoms with van der Waals surface area (Å²) < 4.78 is 10.1. The van der Waals surface area contributed by atoms with Gasteiger partial charge in [-0.25, -0.2) is 4.79 Å². The number of aromatic hydroxyl groups is 2. The van der Waals surface area contributed by atoms with Gasteiger partial charge in [-0.05, 0) is 36.4 Å². The normalized spacial score (nSPS) is 9.95. The molecule has 0 unspecified atom stereocenters. The average molecular weight is 260 g/mol. The second kappa shape index (κ2) is 5.30. The molecule has 2 N–H and O–H groups in total. The number of esters is 1. The van der Waals surface area contributed by atoms with Crippen LogP contribution in [0.15, 0.2) is 42.5 Å². The van der Waals surface area contributed by atoms with Gasteiger partial charge in [-0.3, -0.25) is 0 Å². The molecular formula is C14H12O5. The van der Waals surface area contributed by atoms with Crippen LogP contribution in [0, 0.1) is 0 Å². The summed E-state index contributed by atoms with van der Waals surface area (Å²) in [7, 11) is 1.54. The number of carbonyl (C=O) groups excluding carboxylic acids is 1. The number of methoxy groups -OCH3 is 1. The van der Waals surface area contributed by atoms with Crippen LogP contribution in [0.25, 0.3) is 0 Å². The van der Waals surface area contributed by atoms with Crippen LogP contribution in [0.1, 0.15) is 10.4 Å². The Hall–Kier alpha value is -2.69. The Morgan fingerprint density at radius 3 is 2.21 bits per heavy atom. The lowest BCUT2D eigenvalue weighted by Crippen LogP contribution is -2.08. The first-order chi connectivity index (χ1) is 9.10. The lowest BCUT2D eigenvalue weighted by atomic mass is 10.2. The third-order valence-electron chi connectivity index (χ3n) is 2.47. The van der Waals surface area contributed by atoms with Crippen LogP contribution in [0.5, 0.6) is 23.0 Å². The zero-order valence-corrected chi connectivity index (χ0v) is 10.2. The van der Waals surface area contributed by atoms with Gasteiger partial charge in [-0.1, -0.05) is 0 Å². The van der Waals surface area contributed by atoms with E-state index in [1.807, 2.05) is 0 Å². The predicted octanol–water partition coefficient (Wildman–Crippen LogP) is 2.33. The van der Waals surface area contributed by atoms with E-state index in [9.17, 15) is 9.90 Å². The van der Waals surface area contributed by atoms with Gasteiger partial charge in [0.1, 0.15) is 28.6 Å². The summed E-state index contributed by atoms with van der Waals surface area (Å²) in [5.41, 5.74) is -0.0198. The molecule has 0 saturated carbocycles. The average Bonchev–Trinajstić information content (AvgIpc) is 2.39. The van der Waals surface area contributed by atoms with E-state index < -0.39 is 5.97 Å². The van der Waals surface area contributed by atoms with Crippen molar-refractivity contribution in [1.29, 1.82) is 0 Å². The molecule has 0 atom stereocenters. The quantitative estimate of drug-likeness (QED) is 0.654. The third kappa shape index (κ3) is 2.95. The van der Waals surface area contributed by atoms with Crippen molar-refractivity contribution >= 4 is 5.97 Å². The van der Waals surface area contributed by atoms with E-state index in [-0.39, 0.29) is 17.1 Å². The number of hydrogen-bond acceptors (Lipinski definition) is 5. The van der Waals surface area contributed by atoms with Crippen molar-refractivity contribution in [3.05, 3.63) is 48.0 Å². The summed E-state index contributed by atoms with van der Waals surface area (Å²) in [6.45, 7) is 0. The fourth-order valence-electron chi connectivity index (χ4n) is 1.50. The third-order valence-corrected chi connectivity index (χ3v) is 2.47. The van der Waals surface area contributed by atoms with Crippen molar-refractivity contribution in [2.45, 2.75) is 0 Å². The summed E-state index contributed by atoms with van der Waals surface area (Å²) in [4.78, 5) is 11.8. The standard InChI is InChI=1S/C14H12O5/c1-18-10-3-5-11(6-4-10)19-14(17)12-7-2-9(15)8-13(12)16/h2-8,15-16H,1H3. The molecule has 0 spiro atoms. The van der Waals surface area contributed by atoms with Crippen molar-refractivity contribution < 1.29 is 24.5 Å². The van der Waals surface area contributed by atoms with E-state index in [4.69, 9.17) is 14.6 Å². The molecule has 98 valence electrons. The van der Waals surface area contributed by atoms with Crippen molar-refractivity contribution in [3.8, 4) is 23.0 Å². The SMILES string of the molecule is COc1ccc(OC(=O)c2ccc(O)cc2O)cc1. The molecule has 0 aliphatic heterocycles. The Morgan fingerprint density at radius 1 is 1.00 bits per heavy atom. The molecule has 19 heavy (non-hydrogen) atoms. The molecule has 0 radical (unpaired) electrons. The summed E-state index contributed by atoms with van der Waals surface area (Å²) in [6.07, 6.45) is 0. The van der Waals surface area contributed by atoms with Gasteiger partial charge in [-0.15, -0.1) is 0 Å². The maximum absolute atomic E-state index is 11.8. The Kier molecular flexibility index (Phi) is 3.56. The van der Waals surface area contributed by atoms with Crippen LogP contribution in [-0.4, -0.2) is 23.3 Å². The molecule has 0 fully saturated rings. The number of phenols is 2. The van der Waals surface area contributed by atoms with Crippen LogP contribution in [0.3, 0.4) is 0 Å². The van der Waals surface area contributed by atoms with E-state index in [0.717, 1.165) is 6.07 Å². The number of phenolic OH excluding ortho intramolecular Hbond substituents is 2. The van der Waals surface area contributed by atoms with Crippen LogP contribution >= 0.6 is 0 Å². The largest absolute Gasteiger partial charge is 0.508 e. The molecule has 0 amide bonds. The van der Waals surface area contributed by atoms with Gasteiger partial charge in [0, 0.05) is 6.07 Å². The van der Waals surface area contributed by atoms with Crippen molar-refractivity contribution in [3.63, 3.8) is 0 Å². The summed E-state index contributed by atoms with van der Waals surface area (Å²) in [5.74, 6) is -0.190. The highest BCUT2D eigenvalue weighted by Crippen LogP contribution is 2.24. The second-order valence-electron chi connectivity index (χ2n) is 3.77. The van der Waals surface area contributed by atoms with Crippen molar-refractivity contribution in [2.24, 2.45) is 0 Å². The molecule has 0 aliphatic rings. The molecule has 5 heteroatoms. The summed E-state index contributed by atoms with van der Waals surface area (Å²) >= 11 is 0. The maximum Gasteiger partial charge on any atom is 0.347 e. The first-order valence-electron chi connectivity index (χ1n) is 5.48. The van der Waals surface area contributed by atoms with Crippen LogP contribution in [0.4, 0.5) is 0 Å². The predicted molar refractivity (Wildman–Crippen MR) is 67.7 cm³/mol. The molecule has 0 aromatic heterocycles. The highest BCUT2D eigenvalue weighted by molar-refractivity contribution is 5.94. The zero-order valence-electron chi connectivity index (χ0n) is 10.2. The van der Waals surface area contributed by atoms with Crippen LogP contribution in [-0.2, 0) is 0 Å².